The molecule has 1 saturated heterocycles. The van der Waals surface area contributed by atoms with E-state index in [1.54, 1.807) is 12.1 Å². The molecule has 24 heavy (non-hydrogen) atoms. The summed E-state index contributed by atoms with van der Waals surface area (Å²) < 4.78 is 13.5. The molecule has 0 aromatic heterocycles. The van der Waals surface area contributed by atoms with Crippen molar-refractivity contribution in [2.24, 2.45) is 11.8 Å². The predicted octanol–water partition coefficient (Wildman–Crippen LogP) is 2.99. The zero-order chi connectivity index (χ0) is 16.9. The van der Waals surface area contributed by atoms with Gasteiger partial charge in [-0.3, -0.25) is 15.0 Å². The molecule has 3 amide bonds. The number of amides is 3. The number of hydrogen-bond acceptors (Lipinski definition) is 3. The van der Waals surface area contributed by atoms with E-state index in [9.17, 15) is 14.0 Å². The zero-order valence-electron chi connectivity index (χ0n) is 13.8. The third kappa shape index (κ3) is 4.32. The molecule has 2 aliphatic rings. The highest BCUT2D eigenvalue weighted by atomic mass is 19.1. The van der Waals surface area contributed by atoms with Gasteiger partial charge in [0.15, 0.2) is 0 Å². The highest BCUT2D eigenvalue weighted by Gasteiger charge is 2.31. The number of carbonyl (C=O) groups is 2. The van der Waals surface area contributed by atoms with Gasteiger partial charge in [0.25, 0.3) is 0 Å². The summed E-state index contributed by atoms with van der Waals surface area (Å²) in [6.07, 6.45) is 6.32. The maximum atomic E-state index is 13.5. The number of nitrogens with one attached hydrogen (secondary N) is 2. The Morgan fingerprint density at radius 3 is 2.67 bits per heavy atom. The van der Waals surface area contributed by atoms with Crippen molar-refractivity contribution < 1.29 is 14.0 Å². The van der Waals surface area contributed by atoms with Crippen molar-refractivity contribution in [3.8, 4) is 0 Å². The third-order valence-corrected chi connectivity index (χ3v) is 5.12. The number of benzene rings is 1. The average Bonchev–Trinajstić information content (AvgIpc) is 2.56. The second-order valence-corrected chi connectivity index (χ2v) is 6.81. The largest absolute Gasteiger partial charge is 0.326 e. The molecule has 130 valence electrons. The standard InChI is InChI=1S/C18H24FN3O2/c19-15-7-3-4-8-16(15)20-18(24)21-17(23)12-22-10-9-13-5-1-2-6-14(13)11-22/h3-4,7-8,13-14H,1-2,5-6,9-12H2,(H2,20,21,23,24)/t13-,14-/m0/s1. The molecule has 3 rings (SSSR count). The SMILES string of the molecule is O=C(CN1CC[C@@H]2CCCC[C@H]2C1)NC(=O)Nc1ccccc1F. The fourth-order valence-corrected chi connectivity index (χ4v) is 3.91. The summed E-state index contributed by atoms with van der Waals surface area (Å²) in [5.41, 5.74) is 0.0609. The number of anilines is 1. The lowest BCUT2D eigenvalue weighted by atomic mass is 9.75. The van der Waals surface area contributed by atoms with Gasteiger partial charge < -0.3 is 5.32 Å². The number of urea groups is 1. The Morgan fingerprint density at radius 2 is 1.88 bits per heavy atom. The van der Waals surface area contributed by atoms with Gasteiger partial charge in [-0.05, 0) is 43.4 Å². The minimum atomic E-state index is -0.697. The number of carbonyl (C=O) groups excluding carboxylic acids is 2. The number of hydrogen-bond donors (Lipinski definition) is 2. The number of para-hydroxylation sites is 1. The van der Waals surface area contributed by atoms with E-state index in [0.29, 0.717) is 5.92 Å². The Balaban J connectivity index is 1.45. The van der Waals surface area contributed by atoms with Crippen molar-refractivity contribution in [2.45, 2.75) is 32.1 Å². The Labute approximate surface area is 141 Å². The lowest BCUT2D eigenvalue weighted by Crippen LogP contribution is -2.47. The molecule has 0 bridgehead atoms. The number of fused-ring (bicyclic) bond motifs is 1. The number of halogens is 1. The van der Waals surface area contributed by atoms with Gasteiger partial charge in [0.1, 0.15) is 5.82 Å². The Kier molecular flexibility index (Phi) is 5.45. The molecule has 1 aliphatic heterocycles. The maximum Gasteiger partial charge on any atom is 0.326 e. The van der Waals surface area contributed by atoms with Crippen LogP contribution in [0.3, 0.4) is 0 Å². The van der Waals surface area contributed by atoms with Crippen LogP contribution in [-0.4, -0.2) is 36.5 Å². The Bertz CT molecular complexity index is 608. The van der Waals surface area contributed by atoms with E-state index >= 15 is 0 Å². The molecule has 2 N–H and O–H groups in total. The van der Waals surface area contributed by atoms with Crippen LogP contribution in [0, 0.1) is 17.7 Å². The first-order valence-corrected chi connectivity index (χ1v) is 8.69. The maximum absolute atomic E-state index is 13.5. The van der Waals surface area contributed by atoms with Crippen LogP contribution in [0.4, 0.5) is 14.9 Å². The van der Waals surface area contributed by atoms with Crippen LogP contribution in [-0.2, 0) is 4.79 Å². The molecular weight excluding hydrogens is 309 g/mol. The first kappa shape index (κ1) is 16.9. The fraction of sp³-hybridized carbons (Fsp3) is 0.556. The molecule has 5 nitrogen and oxygen atoms in total. The Hall–Kier alpha value is -1.95. The van der Waals surface area contributed by atoms with E-state index in [1.807, 2.05) is 0 Å². The highest BCUT2D eigenvalue weighted by molar-refractivity contribution is 6.01. The number of likely N-dealkylation sites (tertiary alicyclic amines) is 1. The van der Waals surface area contributed by atoms with Gasteiger partial charge in [-0.15, -0.1) is 0 Å². The van der Waals surface area contributed by atoms with Crippen LogP contribution in [0.5, 0.6) is 0 Å². The quantitative estimate of drug-likeness (QED) is 0.894. The summed E-state index contributed by atoms with van der Waals surface area (Å²) in [6.45, 7) is 2.06. The Morgan fingerprint density at radius 1 is 1.12 bits per heavy atom. The van der Waals surface area contributed by atoms with Gasteiger partial charge in [0, 0.05) is 6.54 Å². The van der Waals surface area contributed by atoms with Crippen LogP contribution in [0.15, 0.2) is 24.3 Å². The molecule has 2 atom stereocenters. The highest BCUT2D eigenvalue weighted by Crippen LogP contribution is 2.35. The molecule has 0 radical (unpaired) electrons. The summed E-state index contributed by atoms with van der Waals surface area (Å²) in [7, 11) is 0. The van der Waals surface area contributed by atoms with Gasteiger partial charge in [-0.1, -0.05) is 31.4 Å². The second-order valence-electron chi connectivity index (χ2n) is 6.81. The predicted molar refractivity (Wildman–Crippen MR) is 90.1 cm³/mol. The number of piperidine rings is 1. The van der Waals surface area contributed by atoms with E-state index in [0.717, 1.165) is 25.4 Å². The third-order valence-electron chi connectivity index (χ3n) is 5.12. The van der Waals surface area contributed by atoms with Crippen molar-refractivity contribution in [3.05, 3.63) is 30.1 Å². The summed E-state index contributed by atoms with van der Waals surface area (Å²) >= 11 is 0. The van der Waals surface area contributed by atoms with Crippen molar-refractivity contribution in [2.75, 3.05) is 25.0 Å². The van der Waals surface area contributed by atoms with Crippen molar-refractivity contribution in [1.82, 2.24) is 10.2 Å². The molecule has 1 aromatic rings. The lowest BCUT2D eigenvalue weighted by Gasteiger charge is -2.41. The summed E-state index contributed by atoms with van der Waals surface area (Å²) in [5.74, 6) is 0.618. The van der Waals surface area contributed by atoms with E-state index in [2.05, 4.69) is 15.5 Å². The van der Waals surface area contributed by atoms with Gasteiger partial charge in [0.2, 0.25) is 5.91 Å². The number of rotatable bonds is 3. The van der Waals surface area contributed by atoms with Crippen molar-refractivity contribution >= 4 is 17.6 Å². The summed E-state index contributed by atoms with van der Waals surface area (Å²) in [5, 5.41) is 4.64. The van der Waals surface area contributed by atoms with Crippen molar-refractivity contribution in [3.63, 3.8) is 0 Å². The lowest BCUT2D eigenvalue weighted by molar-refractivity contribution is -0.121. The van der Waals surface area contributed by atoms with Crippen LogP contribution in [0.1, 0.15) is 32.1 Å². The van der Waals surface area contributed by atoms with Gasteiger partial charge in [-0.25, -0.2) is 9.18 Å². The van der Waals surface area contributed by atoms with Crippen LogP contribution < -0.4 is 10.6 Å². The minimum absolute atomic E-state index is 0.0609. The fourth-order valence-electron chi connectivity index (χ4n) is 3.91. The van der Waals surface area contributed by atoms with E-state index < -0.39 is 11.8 Å². The topological polar surface area (TPSA) is 61.4 Å². The minimum Gasteiger partial charge on any atom is -0.305 e. The van der Waals surface area contributed by atoms with Crippen LogP contribution in [0.2, 0.25) is 0 Å². The molecular formula is C18H24FN3O2. The number of imide groups is 1. The molecule has 2 fully saturated rings. The smallest absolute Gasteiger partial charge is 0.305 e. The molecule has 1 aliphatic carbocycles. The summed E-state index contributed by atoms with van der Waals surface area (Å²) in [6, 6.07) is 5.17. The molecule has 0 unspecified atom stereocenters. The zero-order valence-corrected chi connectivity index (χ0v) is 13.8. The molecule has 1 aromatic carbocycles. The molecule has 6 heteroatoms. The first-order chi connectivity index (χ1) is 11.6. The van der Waals surface area contributed by atoms with E-state index in [1.165, 1.54) is 37.8 Å². The molecule has 1 heterocycles. The van der Waals surface area contributed by atoms with E-state index in [-0.39, 0.29) is 18.1 Å². The summed E-state index contributed by atoms with van der Waals surface area (Å²) in [4.78, 5) is 26.0. The van der Waals surface area contributed by atoms with Gasteiger partial charge in [-0.2, -0.15) is 0 Å². The molecule has 0 spiro atoms. The van der Waals surface area contributed by atoms with Crippen LogP contribution >= 0.6 is 0 Å². The van der Waals surface area contributed by atoms with Crippen molar-refractivity contribution in [1.29, 1.82) is 0 Å². The first-order valence-electron chi connectivity index (χ1n) is 8.69. The van der Waals surface area contributed by atoms with Crippen LogP contribution in [0.25, 0.3) is 0 Å². The molecule has 1 saturated carbocycles. The number of nitrogens with zero attached hydrogens (tertiary/aromatic N) is 1. The van der Waals surface area contributed by atoms with E-state index in [4.69, 9.17) is 0 Å². The second kappa shape index (κ2) is 7.75. The monoisotopic (exact) mass is 333 g/mol. The van der Waals surface area contributed by atoms with Gasteiger partial charge >= 0.3 is 6.03 Å². The normalized spacial score (nSPS) is 24.0. The van der Waals surface area contributed by atoms with Gasteiger partial charge in [0.05, 0.1) is 12.2 Å². The average molecular weight is 333 g/mol.